The van der Waals surface area contributed by atoms with Crippen LogP contribution < -0.4 is 5.32 Å². The first kappa shape index (κ1) is 16.1. The first-order valence-electron chi connectivity index (χ1n) is 5.48. The molecule has 0 fully saturated rings. The molecule has 1 aromatic heterocycles. The van der Waals surface area contributed by atoms with Crippen molar-refractivity contribution in [2.75, 3.05) is 12.4 Å². The molecule has 0 aliphatic carbocycles. The quantitative estimate of drug-likeness (QED) is 0.837. The van der Waals surface area contributed by atoms with Crippen molar-refractivity contribution in [2.24, 2.45) is 0 Å². The summed E-state index contributed by atoms with van der Waals surface area (Å²) in [7, 11) is 1.21. The fraction of sp³-hybridized carbons (Fsp3) is 0.455. The number of nitrogens with zero attached hydrogens (tertiary/aromatic N) is 1. The lowest BCUT2D eigenvalue weighted by atomic mass is 9.99. The molecule has 0 bridgehead atoms. The van der Waals surface area contributed by atoms with Crippen molar-refractivity contribution in [2.45, 2.75) is 25.9 Å². The minimum Gasteiger partial charge on any atom is -0.478 e. The number of halogens is 5. The molecule has 0 saturated carbocycles. The van der Waals surface area contributed by atoms with Crippen LogP contribution in [0.15, 0.2) is 0 Å². The molecule has 1 heterocycles. The average molecular weight is 298 g/mol. The Morgan fingerprint density at radius 3 is 2.25 bits per heavy atom. The molecular weight excluding hydrogens is 287 g/mol. The molecule has 0 aromatic carbocycles. The van der Waals surface area contributed by atoms with Gasteiger partial charge in [0.25, 0.3) is 6.43 Å². The molecule has 4 nitrogen and oxygen atoms in total. The molecule has 0 unspecified atom stereocenters. The smallest absolute Gasteiger partial charge is 0.434 e. The van der Waals surface area contributed by atoms with Gasteiger partial charge in [-0.2, -0.15) is 13.2 Å². The number of hydrogen-bond donors (Lipinski definition) is 2. The predicted octanol–water partition coefficient (Wildman–Crippen LogP) is 3.34. The molecule has 0 aliphatic rings. The molecule has 0 radical (unpaired) electrons. The van der Waals surface area contributed by atoms with Gasteiger partial charge in [0.15, 0.2) is 5.69 Å². The Kier molecular flexibility index (Phi) is 4.51. The lowest BCUT2D eigenvalue weighted by Gasteiger charge is -2.19. The van der Waals surface area contributed by atoms with E-state index in [2.05, 4.69) is 10.3 Å². The van der Waals surface area contributed by atoms with E-state index in [1.54, 1.807) is 0 Å². The van der Waals surface area contributed by atoms with E-state index in [0.29, 0.717) is 0 Å². The predicted molar refractivity (Wildman–Crippen MR) is 60.1 cm³/mol. The van der Waals surface area contributed by atoms with Crippen molar-refractivity contribution >= 4 is 11.7 Å². The van der Waals surface area contributed by atoms with Gasteiger partial charge in [0.1, 0.15) is 5.69 Å². The summed E-state index contributed by atoms with van der Waals surface area (Å²) in [5.74, 6) is -1.86. The molecule has 1 rings (SSSR count). The molecule has 20 heavy (non-hydrogen) atoms. The van der Waals surface area contributed by atoms with Gasteiger partial charge in [-0.3, -0.25) is 0 Å². The topological polar surface area (TPSA) is 62.2 Å². The highest BCUT2D eigenvalue weighted by Gasteiger charge is 2.41. The summed E-state index contributed by atoms with van der Waals surface area (Å²) in [6.07, 6.45) is -8.55. The number of nitrogens with one attached hydrogen (secondary N) is 1. The van der Waals surface area contributed by atoms with Crippen LogP contribution in [0.1, 0.15) is 40.7 Å². The fourth-order valence-electron chi connectivity index (χ4n) is 1.88. The Hall–Kier alpha value is -1.93. The monoisotopic (exact) mass is 298 g/mol. The number of carboxylic acid groups (broad SMARTS) is 1. The van der Waals surface area contributed by atoms with E-state index >= 15 is 0 Å². The van der Waals surface area contributed by atoms with Gasteiger partial charge < -0.3 is 10.4 Å². The van der Waals surface area contributed by atoms with E-state index in [0.717, 1.165) is 0 Å². The summed E-state index contributed by atoms with van der Waals surface area (Å²) in [4.78, 5) is 13.9. The summed E-state index contributed by atoms with van der Waals surface area (Å²) in [5, 5.41) is 11.2. The van der Waals surface area contributed by atoms with Crippen LogP contribution in [0.4, 0.5) is 27.6 Å². The van der Waals surface area contributed by atoms with Crippen molar-refractivity contribution in [3.8, 4) is 0 Å². The molecule has 2 N–H and O–H groups in total. The number of rotatable bonds is 4. The highest BCUT2D eigenvalue weighted by molar-refractivity contribution is 5.93. The number of pyridine rings is 1. The zero-order valence-corrected chi connectivity index (χ0v) is 10.5. The largest absolute Gasteiger partial charge is 0.478 e. The van der Waals surface area contributed by atoms with Gasteiger partial charge >= 0.3 is 12.1 Å². The van der Waals surface area contributed by atoms with Gasteiger partial charge in [-0.25, -0.2) is 18.6 Å². The van der Waals surface area contributed by atoms with Crippen molar-refractivity contribution in [1.82, 2.24) is 4.98 Å². The first-order valence-corrected chi connectivity index (χ1v) is 5.48. The molecule has 0 aliphatic heterocycles. The standard InChI is InChI=1S/C11H11F5N2O2/c1-3-4-5(10(19)20)8(11(14,15)16)18-7(9(12)13)6(4)17-2/h9,17H,3H2,1-2H3,(H,19,20). The highest BCUT2D eigenvalue weighted by atomic mass is 19.4. The minimum atomic E-state index is -5.13. The number of hydrogen-bond acceptors (Lipinski definition) is 3. The molecule has 0 saturated heterocycles. The van der Waals surface area contributed by atoms with Crippen LogP contribution in [-0.4, -0.2) is 23.1 Å². The van der Waals surface area contributed by atoms with Crippen LogP contribution in [0.3, 0.4) is 0 Å². The Morgan fingerprint density at radius 2 is 1.95 bits per heavy atom. The number of carboxylic acids is 1. The number of aromatic carboxylic acids is 1. The fourth-order valence-corrected chi connectivity index (χ4v) is 1.88. The highest BCUT2D eigenvalue weighted by Crippen LogP contribution is 2.38. The maximum atomic E-state index is 12.8. The van der Waals surface area contributed by atoms with E-state index in [1.807, 2.05) is 0 Å². The van der Waals surface area contributed by atoms with Crippen LogP contribution in [-0.2, 0) is 12.6 Å². The van der Waals surface area contributed by atoms with Gasteiger partial charge in [0.05, 0.1) is 11.3 Å². The third-order valence-electron chi connectivity index (χ3n) is 2.62. The third kappa shape index (κ3) is 2.81. The second-order valence-electron chi connectivity index (χ2n) is 3.78. The van der Waals surface area contributed by atoms with Crippen molar-refractivity contribution in [1.29, 1.82) is 0 Å². The lowest BCUT2D eigenvalue weighted by molar-refractivity contribution is -0.142. The van der Waals surface area contributed by atoms with Crippen LogP contribution in [0.2, 0.25) is 0 Å². The second-order valence-corrected chi connectivity index (χ2v) is 3.78. The molecule has 1 aromatic rings. The van der Waals surface area contributed by atoms with E-state index in [4.69, 9.17) is 5.11 Å². The summed E-state index contributed by atoms with van der Waals surface area (Å²) >= 11 is 0. The molecule has 0 atom stereocenters. The van der Waals surface area contributed by atoms with Crippen molar-refractivity contribution < 1.29 is 31.9 Å². The Bertz CT molecular complexity index is 529. The molecule has 112 valence electrons. The Labute approximate surface area is 110 Å². The first-order chi connectivity index (χ1) is 9.15. The molecule has 9 heteroatoms. The van der Waals surface area contributed by atoms with Crippen molar-refractivity contribution in [3.63, 3.8) is 0 Å². The van der Waals surface area contributed by atoms with Crippen LogP contribution in [0.5, 0.6) is 0 Å². The SMILES string of the molecule is CCc1c(NC)c(C(F)F)nc(C(F)(F)F)c1C(=O)O. The number of carbonyl (C=O) groups is 1. The summed E-state index contributed by atoms with van der Waals surface area (Å²) in [5.41, 5.74) is -4.75. The zero-order chi connectivity index (χ0) is 15.7. The van der Waals surface area contributed by atoms with E-state index in [1.165, 1.54) is 14.0 Å². The van der Waals surface area contributed by atoms with Gasteiger partial charge in [0.2, 0.25) is 0 Å². The van der Waals surface area contributed by atoms with Crippen LogP contribution in [0.25, 0.3) is 0 Å². The maximum absolute atomic E-state index is 12.8. The maximum Gasteiger partial charge on any atom is 0.434 e. The van der Waals surface area contributed by atoms with Gasteiger partial charge in [-0.05, 0) is 12.0 Å². The molecule has 0 amide bonds. The second kappa shape index (κ2) is 5.59. The average Bonchev–Trinajstić information content (AvgIpc) is 2.34. The summed E-state index contributed by atoms with van der Waals surface area (Å²) in [6, 6.07) is 0. The Balaban J connectivity index is 3.85. The van der Waals surface area contributed by atoms with E-state index < -0.39 is 35.5 Å². The third-order valence-corrected chi connectivity index (χ3v) is 2.62. The Morgan fingerprint density at radius 1 is 1.40 bits per heavy atom. The van der Waals surface area contributed by atoms with E-state index in [9.17, 15) is 26.7 Å². The van der Waals surface area contributed by atoms with Crippen molar-refractivity contribution in [3.05, 3.63) is 22.5 Å². The number of alkyl halides is 5. The van der Waals surface area contributed by atoms with Gasteiger partial charge in [-0.1, -0.05) is 6.92 Å². The minimum absolute atomic E-state index is 0.164. The van der Waals surface area contributed by atoms with E-state index in [-0.39, 0.29) is 17.7 Å². The normalized spacial score (nSPS) is 11.8. The molecular formula is C11H11F5N2O2. The lowest BCUT2D eigenvalue weighted by Crippen LogP contribution is -2.21. The van der Waals surface area contributed by atoms with Crippen LogP contribution >= 0.6 is 0 Å². The van der Waals surface area contributed by atoms with Gasteiger partial charge in [-0.15, -0.1) is 0 Å². The van der Waals surface area contributed by atoms with Crippen LogP contribution in [0, 0.1) is 0 Å². The number of anilines is 1. The number of aromatic nitrogens is 1. The molecule has 0 spiro atoms. The summed E-state index contributed by atoms with van der Waals surface area (Å²) < 4.78 is 64.1. The zero-order valence-electron chi connectivity index (χ0n) is 10.5. The summed E-state index contributed by atoms with van der Waals surface area (Å²) in [6.45, 7) is 1.37. The van der Waals surface area contributed by atoms with Gasteiger partial charge in [0, 0.05) is 7.05 Å².